The quantitative estimate of drug-likeness (QED) is 0.474. The number of nitrogens with one attached hydrogen (secondary N) is 1. The van der Waals surface area contributed by atoms with Crippen molar-refractivity contribution < 1.29 is 14.3 Å². The Morgan fingerprint density at radius 1 is 1.16 bits per heavy atom. The van der Waals surface area contributed by atoms with Gasteiger partial charge in [-0.3, -0.25) is 9.59 Å². The van der Waals surface area contributed by atoms with Crippen LogP contribution in [0.3, 0.4) is 0 Å². The van der Waals surface area contributed by atoms with Gasteiger partial charge in [0.2, 0.25) is 12.7 Å². The molecule has 5 rings (SSSR count). The van der Waals surface area contributed by atoms with Gasteiger partial charge in [-0.2, -0.15) is 4.98 Å². The minimum Gasteiger partial charge on any atom is -0.454 e. The number of rotatable bonds is 4. The molecule has 0 bridgehead atoms. The molecule has 0 saturated carbocycles. The molecular weight excluding hydrogens is 438 g/mol. The van der Waals surface area contributed by atoms with Gasteiger partial charge in [0.15, 0.2) is 16.7 Å². The van der Waals surface area contributed by atoms with Gasteiger partial charge in [-0.1, -0.05) is 41.6 Å². The molecule has 1 atom stereocenters. The lowest BCUT2D eigenvalue weighted by Crippen LogP contribution is -2.33. The third-order valence-electron chi connectivity index (χ3n) is 5.38. The normalized spacial score (nSPS) is 16.7. The molecule has 0 aliphatic carbocycles. The van der Waals surface area contributed by atoms with E-state index in [1.54, 1.807) is 17.7 Å². The minimum atomic E-state index is -0.403. The molecule has 0 spiro atoms. The minimum absolute atomic E-state index is 0.148. The Kier molecular flexibility index (Phi) is 5.11. The molecule has 1 amide bonds. The largest absolute Gasteiger partial charge is 0.454 e. The van der Waals surface area contributed by atoms with Crippen LogP contribution in [-0.4, -0.2) is 22.3 Å². The van der Waals surface area contributed by atoms with Gasteiger partial charge in [-0.25, -0.2) is 0 Å². The van der Waals surface area contributed by atoms with Crippen LogP contribution in [0.2, 0.25) is 5.02 Å². The molecule has 158 valence electrons. The summed E-state index contributed by atoms with van der Waals surface area (Å²) >= 11 is 7.37. The topological polar surface area (TPSA) is 82.5 Å². The van der Waals surface area contributed by atoms with Crippen LogP contribution >= 0.6 is 23.4 Å². The van der Waals surface area contributed by atoms with Crippen molar-refractivity contribution in [1.82, 2.24) is 9.55 Å². The van der Waals surface area contributed by atoms with E-state index < -0.39 is 5.92 Å². The third kappa shape index (κ3) is 3.77. The molecule has 0 saturated heterocycles. The van der Waals surface area contributed by atoms with Gasteiger partial charge in [-0.15, -0.1) is 0 Å². The van der Waals surface area contributed by atoms with Crippen LogP contribution in [0.25, 0.3) is 0 Å². The average molecular weight is 456 g/mol. The number of benzene rings is 2. The molecule has 1 aromatic heterocycles. The van der Waals surface area contributed by atoms with E-state index in [-0.39, 0.29) is 24.7 Å². The maximum absolute atomic E-state index is 13.1. The van der Waals surface area contributed by atoms with Crippen molar-refractivity contribution in [2.75, 3.05) is 12.1 Å². The van der Waals surface area contributed by atoms with Gasteiger partial charge in [0.25, 0.3) is 5.56 Å². The standard InChI is InChI=1S/C22H18ClN3O4S/c1-26-20-19(21(28)25-22(26)31-10-12-2-5-14(23)6-3-12)15(9-18(27)24-20)13-4-7-16-17(8-13)30-11-29-16/h2-8,15H,9-11H2,1H3,(H,24,27)/t15-/m0/s1. The first-order chi connectivity index (χ1) is 15.0. The van der Waals surface area contributed by atoms with Crippen LogP contribution in [0.4, 0.5) is 5.82 Å². The summed E-state index contributed by atoms with van der Waals surface area (Å²) in [6.07, 6.45) is 0.167. The van der Waals surface area contributed by atoms with E-state index in [0.29, 0.717) is 38.8 Å². The van der Waals surface area contributed by atoms with Gasteiger partial charge in [0, 0.05) is 30.2 Å². The van der Waals surface area contributed by atoms with Gasteiger partial charge < -0.3 is 19.4 Å². The van der Waals surface area contributed by atoms with E-state index in [2.05, 4.69) is 10.3 Å². The van der Waals surface area contributed by atoms with Crippen molar-refractivity contribution in [2.45, 2.75) is 23.2 Å². The average Bonchev–Trinajstić information content (AvgIpc) is 3.23. The number of thioether (sulfide) groups is 1. The van der Waals surface area contributed by atoms with E-state index >= 15 is 0 Å². The zero-order valence-electron chi connectivity index (χ0n) is 16.6. The molecular formula is C22H18ClN3O4S. The molecule has 0 unspecified atom stereocenters. The summed E-state index contributed by atoms with van der Waals surface area (Å²) in [5, 5.41) is 4.07. The Bertz CT molecular complexity index is 1240. The highest BCUT2D eigenvalue weighted by Crippen LogP contribution is 2.40. The predicted octanol–water partition coefficient (Wildman–Crippen LogP) is 3.93. The van der Waals surface area contributed by atoms with Crippen molar-refractivity contribution >= 4 is 35.1 Å². The van der Waals surface area contributed by atoms with Crippen molar-refractivity contribution in [3.63, 3.8) is 0 Å². The van der Waals surface area contributed by atoms with E-state index in [1.165, 1.54) is 11.8 Å². The summed E-state index contributed by atoms with van der Waals surface area (Å²) in [6, 6.07) is 13.0. The molecule has 31 heavy (non-hydrogen) atoms. The number of fused-ring (bicyclic) bond motifs is 2. The molecule has 3 aromatic rings. The number of ether oxygens (including phenoxy) is 2. The first-order valence-electron chi connectivity index (χ1n) is 9.67. The SMILES string of the molecule is Cn1c(SCc2ccc(Cl)cc2)nc(=O)c2c1NC(=O)C[C@H]2c1ccc2c(c1)OCO2. The first-order valence-corrected chi connectivity index (χ1v) is 11.0. The number of nitrogens with zero attached hydrogens (tertiary/aromatic N) is 2. The Labute approximate surface area is 187 Å². The van der Waals surface area contributed by atoms with Crippen LogP contribution in [-0.2, 0) is 17.6 Å². The summed E-state index contributed by atoms with van der Waals surface area (Å²) in [6.45, 7) is 0.165. The number of amides is 1. The number of halogens is 1. The molecule has 3 heterocycles. The van der Waals surface area contributed by atoms with E-state index in [0.717, 1.165) is 11.1 Å². The van der Waals surface area contributed by atoms with Crippen LogP contribution in [0.1, 0.15) is 29.0 Å². The van der Waals surface area contributed by atoms with Gasteiger partial charge in [0.1, 0.15) is 5.82 Å². The summed E-state index contributed by atoms with van der Waals surface area (Å²) < 4.78 is 12.6. The van der Waals surface area contributed by atoms with Crippen LogP contribution in [0.15, 0.2) is 52.4 Å². The Hall–Kier alpha value is -2.97. The van der Waals surface area contributed by atoms with E-state index in [1.807, 2.05) is 36.4 Å². The maximum atomic E-state index is 13.1. The monoisotopic (exact) mass is 455 g/mol. The number of anilines is 1. The fourth-order valence-corrected chi connectivity index (χ4v) is 4.85. The lowest BCUT2D eigenvalue weighted by atomic mass is 9.86. The number of hydrogen-bond acceptors (Lipinski definition) is 6. The third-order valence-corrected chi connectivity index (χ3v) is 6.73. The molecule has 9 heteroatoms. The highest BCUT2D eigenvalue weighted by molar-refractivity contribution is 7.98. The van der Waals surface area contributed by atoms with E-state index in [4.69, 9.17) is 21.1 Å². The van der Waals surface area contributed by atoms with E-state index in [9.17, 15) is 9.59 Å². The highest BCUT2D eigenvalue weighted by atomic mass is 35.5. The number of carbonyl (C=O) groups excluding carboxylic acids is 1. The van der Waals surface area contributed by atoms with Crippen LogP contribution < -0.4 is 20.3 Å². The summed E-state index contributed by atoms with van der Waals surface area (Å²) in [5.74, 6) is 1.83. The first kappa shape index (κ1) is 20.0. The molecule has 1 N–H and O–H groups in total. The molecule has 2 aromatic carbocycles. The number of carbonyl (C=O) groups is 1. The zero-order chi connectivity index (χ0) is 21.5. The van der Waals surface area contributed by atoms with Gasteiger partial charge >= 0.3 is 0 Å². The van der Waals surface area contributed by atoms with Crippen molar-refractivity contribution in [3.05, 3.63) is 74.5 Å². The second-order valence-corrected chi connectivity index (χ2v) is 8.73. The molecule has 7 nitrogen and oxygen atoms in total. The predicted molar refractivity (Wildman–Crippen MR) is 118 cm³/mol. The van der Waals surface area contributed by atoms with Crippen LogP contribution in [0, 0.1) is 0 Å². The number of aromatic nitrogens is 2. The summed E-state index contributed by atoms with van der Waals surface area (Å²) in [4.78, 5) is 29.9. The lowest BCUT2D eigenvalue weighted by Gasteiger charge is -2.27. The molecule has 0 fully saturated rings. The second kappa shape index (κ2) is 7.94. The van der Waals surface area contributed by atoms with Crippen molar-refractivity contribution in [1.29, 1.82) is 0 Å². The number of hydrogen-bond donors (Lipinski definition) is 1. The Balaban J connectivity index is 1.50. The van der Waals surface area contributed by atoms with Gasteiger partial charge in [0.05, 0.1) is 5.56 Å². The molecule has 2 aliphatic rings. The molecule has 0 radical (unpaired) electrons. The van der Waals surface area contributed by atoms with Gasteiger partial charge in [-0.05, 0) is 35.4 Å². The second-order valence-electron chi connectivity index (χ2n) is 7.35. The lowest BCUT2D eigenvalue weighted by molar-refractivity contribution is -0.116. The van der Waals surface area contributed by atoms with Crippen molar-refractivity contribution in [2.24, 2.45) is 7.05 Å². The maximum Gasteiger partial charge on any atom is 0.279 e. The van der Waals surface area contributed by atoms with Crippen molar-refractivity contribution in [3.8, 4) is 11.5 Å². The Morgan fingerprint density at radius 2 is 1.94 bits per heavy atom. The molecule has 2 aliphatic heterocycles. The fourth-order valence-electron chi connectivity index (χ4n) is 3.81. The summed E-state index contributed by atoms with van der Waals surface area (Å²) in [5.41, 5.74) is 2.02. The Morgan fingerprint density at radius 3 is 2.74 bits per heavy atom. The zero-order valence-corrected chi connectivity index (χ0v) is 18.1. The summed E-state index contributed by atoms with van der Waals surface area (Å²) in [7, 11) is 1.80. The highest BCUT2D eigenvalue weighted by Gasteiger charge is 2.33. The fraction of sp³-hybridized carbons (Fsp3) is 0.227. The van der Waals surface area contributed by atoms with Crippen LogP contribution in [0.5, 0.6) is 11.5 Å². The smallest absolute Gasteiger partial charge is 0.279 e.